The first kappa shape index (κ1) is 12.7. The number of aryl methyl sites for hydroxylation is 3. The summed E-state index contributed by atoms with van der Waals surface area (Å²) in [5, 5.41) is 10.4. The van der Waals surface area contributed by atoms with Gasteiger partial charge in [0, 0.05) is 12.4 Å². The number of carbonyl (C=O) groups is 1. The predicted octanol–water partition coefficient (Wildman–Crippen LogP) is 3.62. The van der Waals surface area contributed by atoms with Crippen molar-refractivity contribution in [3.63, 3.8) is 0 Å². The minimum atomic E-state index is -0.862. The minimum absolute atomic E-state index is 0.377. The zero-order valence-corrected chi connectivity index (χ0v) is 11.5. The van der Waals surface area contributed by atoms with Crippen molar-refractivity contribution < 1.29 is 9.90 Å². The van der Waals surface area contributed by atoms with E-state index in [-0.39, 0.29) is 0 Å². The van der Waals surface area contributed by atoms with Crippen molar-refractivity contribution in [2.24, 2.45) is 7.05 Å². The van der Waals surface area contributed by atoms with Gasteiger partial charge in [0.05, 0.1) is 5.52 Å². The fourth-order valence-electron chi connectivity index (χ4n) is 2.70. The van der Waals surface area contributed by atoms with Crippen LogP contribution in [0.3, 0.4) is 0 Å². The van der Waals surface area contributed by atoms with Gasteiger partial charge >= 0.3 is 5.97 Å². The van der Waals surface area contributed by atoms with Crippen LogP contribution < -0.4 is 0 Å². The highest BCUT2D eigenvalue weighted by Crippen LogP contribution is 2.32. The zero-order chi connectivity index (χ0) is 13.6. The molecule has 2 aromatic rings. The van der Waals surface area contributed by atoms with E-state index < -0.39 is 5.97 Å². The lowest BCUT2D eigenvalue weighted by atomic mass is 9.97. The third-order valence-electron chi connectivity index (χ3n) is 3.54. The molecule has 0 atom stereocenters. The second-order valence-corrected chi connectivity index (χ2v) is 5.24. The predicted molar refractivity (Wildman–Crippen MR) is 73.4 cm³/mol. The number of aromatic nitrogens is 1. The van der Waals surface area contributed by atoms with Crippen LogP contribution in [0.15, 0.2) is 12.1 Å². The van der Waals surface area contributed by atoms with Crippen LogP contribution >= 0.6 is 0 Å². The number of carboxylic acid groups (broad SMARTS) is 1. The van der Waals surface area contributed by atoms with Crippen molar-refractivity contribution in [3.05, 3.63) is 34.5 Å². The van der Waals surface area contributed by atoms with Gasteiger partial charge in [0.2, 0.25) is 0 Å². The van der Waals surface area contributed by atoms with Gasteiger partial charge in [-0.25, -0.2) is 4.79 Å². The van der Waals surface area contributed by atoms with Gasteiger partial charge in [-0.05, 0) is 37.0 Å². The average molecular weight is 245 g/mol. The third-order valence-corrected chi connectivity index (χ3v) is 3.54. The topological polar surface area (TPSA) is 42.2 Å². The second kappa shape index (κ2) is 4.16. The Morgan fingerprint density at radius 1 is 1.28 bits per heavy atom. The maximum Gasteiger partial charge on any atom is 0.352 e. The molecular weight excluding hydrogens is 226 g/mol. The zero-order valence-electron chi connectivity index (χ0n) is 11.5. The largest absolute Gasteiger partial charge is 0.477 e. The monoisotopic (exact) mass is 245 g/mol. The van der Waals surface area contributed by atoms with Crippen molar-refractivity contribution in [2.75, 3.05) is 0 Å². The molecule has 0 aliphatic heterocycles. The molecule has 1 heterocycles. The fourth-order valence-corrected chi connectivity index (χ4v) is 2.70. The van der Waals surface area contributed by atoms with E-state index in [4.69, 9.17) is 0 Å². The van der Waals surface area contributed by atoms with E-state index in [9.17, 15) is 9.90 Å². The number of nitrogens with zero attached hydrogens (tertiary/aromatic N) is 1. The third kappa shape index (κ3) is 1.70. The molecule has 0 saturated heterocycles. The van der Waals surface area contributed by atoms with Crippen LogP contribution in [0.1, 0.15) is 46.9 Å². The summed E-state index contributed by atoms with van der Waals surface area (Å²) >= 11 is 0. The van der Waals surface area contributed by atoms with Crippen molar-refractivity contribution in [1.82, 2.24) is 4.57 Å². The van der Waals surface area contributed by atoms with E-state index in [1.54, 1.807) is 0 Å². The quantitative estimate of drug-likeness (QED) is 0.878. The summed E-state index contributed by atoms with van der Waals surface area (Å²) in [6.45, 7) is 8.21. The maximum atomic E-state index is 11.4. The number of aromatic carboxylic acids is 1. The molecule has 0 aliphatic rings. The molecule has 0 spiro atoms. The molecule has 3 heteroatoms. The van der Waals surface area contributed by atoms with Gasteiger partial charge in [0.1, 0.15) is 5.69 Å². The van der Waals surface area contributed by atoms with Crippen LogP contribution in [-0.2, 0) is 7.05 Å². The number of hydrogen-bond acceptors (Lipinski definition) is 1. The molecule has 18 heavy (non-hydrogen) atoms. The summed E-state index contributed by atoms with van der Waals surface area (Å²) in [5.41, 5.74) is 4.67. The molecule has 1 aromatic heterocycles. The molecule has 1 aromatic carbocycles. The average Bonchev–Trinajstić information content (AvgIpc) is 2.50. The van der Waals surface area contributed by atoms with E-state index in [0.717, 1.165) is 16.5 Å². The Hall–Kier alpha value is -1.77. The first-order valence-electron chi connectivity index (χ1n) is 6.17. The fraction of sp³-hybridized carbons (Fsp3) is 0.400. The Balaban J connectivity index is 2.97. The summed E-state index contributed by atoms with van der Waals surface area (Å²) < 4.78 is 1.81. The van der Waals surface area contributed by atoms with Gasteiger partial charge in [-0.15, -0.1) is 0 Å². The molecule has 1 N–H and O–H groups in total. The van der Waals surface area contributed by atoms with E-state index in [2.05, 4.69) is 32.9 Å². The van der Waals surface area contributed by atoms with Gasteiger partial charge in [-0.2, -0.15) is 0 Å². The second-order valence-electron chi connectivity index (χ2n) is 5.24. The van der Waals surface area contributed by atoms with Crippen LogP contribution in [0.2, 0.25) is 0 Å². The minimum Gasteiger partial charge on any atom is -0.477 e. The lowest BCUT2D eigenvalue weighted by Crippen LogP contribution is -2.06. The Bertz CT molecular complexity index is 636. The smallest absolute Gasteiger partial charge is 0.352 e. The molecular formula is C15H19NO2. The van der Waals surface area contributed by atoms with Gasteiger partial charge in [-0.3, -0.25) is 0 Å². The van der Waals surface area contributed by atoms with Crippen LogP contribution in [0.25, 0.3) is 10.9 Å². The molecule has 0 unspecified atom stereocenters. The van der Waals surface area contributed by atoms with Gasteiger partial charge in [0.25, 0.3) is 0 Å². The highest BCUT2D eigenvalue weighted by atomic mass is 16.4. The van der Waals surface area contributed by atoms with E-state index >= 15 is 0 Å². The number of carboxylic acids is 1. The van der Waals surface area contributed by atoms with E-state index in [0.29, 0.717) is 11.6 Å². The van der Waals surface area contributed by atoms with Gasteiger partial charge in [0.15, 0.2) is 0 Å². The lowest BCUT2D eigenvalue weighted by Gasteiger charge is -2.11. The maximum absolute atomic E-state index is 11.4. The van der Waals surface area contributed by atoms with Crippen LogP contribution in [0.5, 0.6) is 0 Å². The van der Waals surface area contributed by atoms with Crippen LogP contribution in [-0.4, -0.2) is 15.6 Å². The van der Waals surface area contributed by atoms with Crippen LogP contribution in [0, 0.1) is 13.8 Å². The summed E-state index contributed by atoms with van der Waals surface area (Å²) in [7, 11) is 1.83. The van der Waals surface area contributed by atoms with Crippen molar-refractivity contribution >= 4 is 16.9 Å². The summed E-state index contributed by atoms with van der Waals surface area (Å²) in [6.07, 6.45) is 0. The molecule has 0 aliphatic carbocycles. The van der Waals surface area contributed by atoms with Crippen LogP contribution in [0.4, 0.5) is 0 Å². The first-order valence-corrected chi connectivity index (χ1v) is 6.17. The van der Waals surface area contributed by atoms with Crippen molar-refractivity contribution in [3.8, 4) is 0 Å². The molecule has 2 rings (SSSR count). The number of hydrogen-bond donors (Lipinski definition) is 1. The number of benzene rings is 1. The van der Waals surface area contributed by atoms with Crippen molar-refractivity contribution in [1.29, 1.82) is 0 Å². The summed E-state index contributed by atoms with van der Waals surface area (Å²) in [5.74, 6) is -0.486. The van der Waals surface area contributed by atoms with Gasteiger partial charge < -0.3 is 9.67 Å². The summed E-state index contributed by atoms with van der Waals surface area (Å²) in [4.78, 5) is 11.4. The normalized spacial score (nSPS) is 11.4. The molecule has 0 fully saturated rings. The first-order chi connectivity index (χ1) is 8.34. The Kier molecular flexibility index (Phi) is 2.93. The molecule has 3 nitrogen and oxygen atoms in total. The Morgan fingerprint density at radius 3 is 2.39 bits per heavy atom. The van der Waals surface area contributed by atoms with E-state index in [1.807, 2.05) is 18.5 Å². The highest BCUT2D eigenvalue weighted by Gasteiger charge is 2.20. The van der Waals surface area contributed by atoms with Crippen molar-refractivity contribution in [2.45, 2.75) is 33.6 Å². The van der Waals surface area contributed by atoms with Gasteiger partial charge in [-0.1, -0.05) is 25.5 Å². The SMILES string of the molecule is Cc1cc(C(C)C)c2c(c1)c(C)c(C(=O)O)n2C. The molecule has 0 saturated carbocycles. The highest BCUT2D eigenvalue weighted by molar-refractivity contribution is 5.99. The number of rotatable bonds is 2. The lowest BCUT2D eigenvalue weighted by molar-refractivity contribution is 0.0686. The Morgan fingerprint density at radius 2 is 1.89 bits per heavy atom. The van der Waals surface area contributed by atoms with E-state index in [1.165, 1.54) is 11.1 Å². The molecule has 0 amide bonds. The summed E-state index contributed by atoms with van der Waals surface area (Å²) in [6, 6.07) is 4.22. The standard InChI is InChI=1S/C15H19NO2/c1-8(2)11-6-9(3)7-12-10(4)13(15(17)18)16(5)14(11)12/h6-8H,1-5H3,(H,17,18). The Labute approximate surface area is 107 Å². The molecule has 0 radical (unpaired) electrons. The molecule has 0 bridgehead atoms. The number of fused-ring (bicyclic) bond motifs is 1. The molecule has 96 valence electrons.